The molecule has 1 aromatic heterocycles. The Balaban J connectivity index is 1.62. The Kier molecular flexibility index (Phi) is 3.92. The maximum Gasteiger partial charge on any atom is 0.263 e. The molecule has 0 fully saturated rings. The van der Waals surface area contributed by atoms with Gasteiger partial charge < -0.3 is 10.2 Å². The van der Waals surface area contributed by atoms with Crippen LogP contribution in [0.1, 0.15) is 27.9 Å². The number of aromatic nitrogens is 1. The summed E-state index contributed by atoms with van der Waals surface area (Å²) < 4.78 is 0. The minimum atomic E-state index is -0.0191. The highest BCUT2D eigenvalue weighted by molar-refractivity contribution is 7.11. The summed E-state index contributed by atoms with van der Waals surface area (Å²) in [5.41, 5.74) is 5.21. The monoisotopic (exact) mass is 301 g/mol. The molecule has 110 valence electrons. The van der Waals surface area contributed by atoms with Crippen molar-refractivity contribution in [3.8, 4) is 0 Å². The lowest BCUT2D eigenvalue weighted by Crippen LogP contribution is -2.41. The molecule has 0 bridgehead atoms. The highest BCUT2D eigenvalue weighted by atomic mass is 32.1. The van der Waals surface area contributed by atoms with Gasteiger partial charge in [-0.2, -0.15) is 0 Å². The second-order valence-electron chi connectivity index (χ2n) is 5.40. The molecular formula is C16H19N3OS. The molecule has 0 saturated heterocycles. The Morgan fingerprint density at radius 1 is 1.48 bits per heavy atom. The van der Waals surface area contributed by atoms with E-state index < -0.39 is 0 Å². The Morgan fingerprint density at radius 2 is 2.29 bits per heavy atom. The van der Waals surface area contributed by atoms with Crippen molar-refractivity contribution in [1.29, 1.82) is 0 Å². The number of carbonyl (C=O) groups is 1. The molecule has 1 atom stereocenters. The number of nitrogens with one attached hydrogen (secondary N) is 1. The third kappa shape index (κ3) is 2.78. The quantitative estimate of drug-likeness (QED) is 0.944. The van der Waals surface area contributed by atoms with Crippen molar-refractivity contribution in [3.05, 3.63) is 45.9 Å². The molecule has 0 aliphatic carbocycles. The van der Waals surface area contributed by atoms with E-state index in [2.05, 4.69) is 46.4 Å². The summed E-state index contributed by atoms with van der Waals surface area (Å²) in [6.07, 6.45) is 1.09. The van der Waals surface area contributed by atoms with Crippen LogP contribution in [0.2, 0.25) is 0 Å². The molecule has 4 nitrogen and oxygen atoms in total. The smallest absolute Gasteiger partial charge is 0.263 e. The number of nitrogens with zero attached hydrogens (tertiary/aromatic N) is 2. The Morgan fingerprint density at radius 3 is 3.05 bits per heavy atom. The lowest BCUT2D eigenvalue weighted by Gasteiger charge is -2.27. The number of rotatable bonds is 4. The Hall–Kier alpha value is -1.88. The number of aryl methyl sites for hydroxylation is 1. The van der Waals surface area contributed by atoms with Crippen LogP contribution in [0.25, 0.3) is 0 Å². The molecule has 0 saturated carbocycles. The SMILES string of the molecule is Cc1ncsc1C(=O)NC[C@H](C)N1CCc2ccccc21. The zero-order valence-electron chi connectivity index (χ0n) is 12.3. The van der Waals surface area contributed by atoms with Crippen LogP contribution in [0.3, 0.4) is 0 Å². The zero-order valence-corrected chi connectivity index (χ0v) is 13.1. The molecule has 2 aromatic rings. The van der Waals surface area contributed by atoms with E-state index in [4.69, 9.17) is 0 Å². The van der Waals surface area contributed by atoms with Gasteiger partial charge in [0, 0.05) is 24.8 Å². The maximum absolute atomic E-state index is 12.1. The molecule has 1 amide bonds. The fraction of sp³-hybridized carbons (Fsp3) is 0.375. The average molecular weight is 301 g/mol. The molecule has 21 heavy (non-hydrogen) atoms. The van der Waals surface area contributed by atoms with Gasteiger partial charge in [-0.15, -0.1) is 11.3 Å². The maximum atomic E-state index is 12.1. The highest BCUT2D eigenvalue weighted by Crippen LogP contribution is 2.28. The van der Waals surface area contributed by atoms with Crippen molar-refractivity contribution in [2.45, 2.75) is 26.3 Å². The van der Waals surface area contributed by atoms with Gasteiger partial charge in [-0.25, -0.2) is 4.98 Å². The zero-order chi connectivity index (χ0) is 14.8. The van der Waals surface area contributed by atoms with E-state index in [-0.39, 0.29) is 11.9 Å². The lowest BCUT2D eigenvalue weighted by atomic mass is 10.2. The number of hydrogen-bond acceptors (Lipinski definition) is 4. The van der Waals surface area contributed by atoms with Gasteiger partial charge in [0.1, 0.15) is 4.88 Å². The summed E-state index contributed by atoms with van der Waals surface area (Å²) in [4.78, 5) is 19.3. The molecule has 1 aliphatic heterocycles. The lowest BCUT2D eigenvalue weighted by molar-refractivity contribution is 0.0955. The second-order valence-corrected chi connectivity index (χ2v) is 6.25. The predicted molar refractivity (Wildman–Crippen MR) is 86.1 cm³/mol. The Bertz CT molecular complexity index is 652. The average Bonchev–Trinajstić information content (AvgIpc) is 3.10. The van der Waals surface area contributed by atoms with E-state index in [1.54, 1.807) is 5.51 Å². The van der Waals surface area contributed by atoms with Crippen LogP contribution in [0.5, 0.6) is 0 Å². The molecule has 1 aliphatic rings. The number of benzene rings is 1. The summed E-state index contributed by atoms with van der Waals surface area (Å²) in [5, 5.41) is 3.02. The summed E-state index contributed by atoms with van der Waals surface area (Å²) in [7, 11) is 0. The molecule has 0 spiro atoms. The number of carbonyl (C=O) groups excluding carboxylic acids is 1. The molecule has 5 heteroatoms. The van der Waals surface area contributed by atoms with Crippen LogP contribution in [-0.2, 0) is 6.42 Å². The third-order valence-electron chi connectivity index (χ3n) is 3.96. The van der Waals surface area contributed by atoms with E-state index in [0.717, 1.165) is 18.7 Å². The molecule has 2 heterocycles. The standard InChI is InChI=1S/C16H19N3OS/c1-11(9-17-16(20)15-12(2)18-10-21-15)19-8-7-13-5-3-4-6-14(13)19/h3-6,10-11H,7-9H2,1-2H3,(H,17,20)/t11-/m0/s1. The number of fused-ring (bicyclic) bond motifs is 1. The molecular weight excluding hydrogens is 282 g/mol. The normalized spacial score (nSPS) is 14.9. The van der Waals surface area contributed by atoms with Crippen molar-refractivity contribution in [1.82, 2.24) is 10.3 Å². The summed E-state index contributed by atoms with van der Waals surface area (Å²) in [5.74, 6) is -0.0191. The fourth-order valence-electron chi connectivity index (χ4n) is 2.77. The van der Waals surface area contributed by atoms with Crippen molar-refractivity contribution in [2.24, 2.45) is 0 Å². The second kappa shape index (κ2) is 5.85. The van der Waals surface area contributed by atoms with Crippen LogP contribution < -0.4 is 10.2 Å². The van der Waals surface area contributed by atoms with Crippen LogP contribution >= 0.6 is 11.3 Å². The van der Waals surface area contributed by atoms with E-state index in [1.807, 2.05) is 6.92 Å². The van der Waals surface area contributed by atoms with Gasteiger partial charge in [-0.3, -0.25) is 4.79 Å². The third-order valence-corrected chi connectivity index (χ3v) is 4.89. The van der Waals surface area contributed by atoms with Crippen LogP contribution in [0.15, 0.2) is 29.8 Å². The van der Waals surface area contributed by atoms with Crippen molar-refractivity contribution >= 4 is 22.9 Å². The van der Waals surface area contributed by atoms with E-state index >= 15 is 0 Å². The number of thiazole rings is 1. The Labute approximate surface area is 128 Å². The van der Waals surface area contributed by atoms with Crippen LogP contribution in [0, 0.1) is 6.92 Å². The fourth-order valence-corrected chi connectivity index (χ4v) is 3.49. The number of para-hydroxylation sites is 1. The van der Waals surface area contributed by atoms with E-state index in [1.165, 1.54) is 22.6 Å². The van der Waals surface area contributed by atoms with Gasteiger partial charge in [0.05, 0.1) is 11.2 Å². The topological polar surface area (TPSA) is 45.2 Å². The van der Waals surface area contributed by atoms with Gasteiger partial charge in [0.25, 0.3) is 5.91 Å². The predicted octanol–water partition coefficient (Wildman–Crippen LogP) is 2.63. The number of hydrogen-bond donors (Lipinski definition) is 1. The largest absolute Gasteiger partial charge is 0.366 e. The van der Waals surface area contributed by atoms with E-state index in [0.29, 0.717) is 11.4 Å². The number of anilines is 1. The molecule has 0 radical (unpaired) electrons. The number of amides is 1. The first kappa shape index (κ1) is 14.1. The summed E-state index contributed by atoms with van der Waals surface area (Å²) in [6, 6.07) is 8.78. The van der Waals surface area contributed by atoms with E-state index in [9.17, 15) is 4.79 Å². The summed E-state index contributed by atoms with van der Waals surface area (Å²) in [6.45, 7) is 5.69. The van der Waals surface area contributed by atoms with Crippen molar-refractivity contribution in [2.75, 3.05) is 18.0 Å². The van der Waals surface area contributed by atoms with Crippen LogP contribution in [-0.4, -0.2) is 30.0 Å². The molecule has 1 N–H and O–H groups in total. The van der Waals surface area contributed by atoms with Crippen molar-refractivity contribution in [3.63, 3.8) is 0 Å². The molecule has 3 rings (SSSR count). The first-order valence-corrected chi connectivity index (χ1v) is 8.07. The van der Waals surface area contributed by atoms with Gasteiger partial charge in [-0.05, 0) is 31.9 Å². The molecule has 1 aromatic carbocycles. The minimum absolute atomic E-state index is 0.0191. The van der Waals surface area contributed by atoms with Gasteiger partial charge >= 0.3 is 0 Å². The molecule has 0 unspecified atom stereocenters. The van der Waals surface area contributed by atoms with Gasteiger partial charge in [-0.1, -0.05) is 18.2 Å². The van der Waals surface area contributed by atoms with Crippen LogP contribution in [0.4, 0.5) is 5.69 Å². The highest BCUT2D eigenvalue weighted by Gasteiger charge is 2.23. The first-order valence-electron chi connectivity index (χ1n) is 7.19. The minimum Gasteiger partial charge on any atom is -0.366 e. The first-order chi connectivity index (χ1) is 10.2. The van der Waals surface area contributed by atoms with Gasteiger partial charge in [0.15, 0.2) is 0 Å². The van der Waals surface area contributed by atoms with Gasteiger partial charge in [0.2, 0.25) is 0 Å². The van der Waals surface area contributed by atoms with Crippen molar-refractivity contribution < 1.29 is 4.79 Å². The summed E-state index contributed by atoms with van der Waals surface area (Å²) >= 11 is 1.39.